The molecule has 1 amide bonds. The molecule has 0 spiro atoms. The third kappa shape index (κ3) is 11.6. The summed E-state index contributed by atoms with van der Waals surface area (Å²) in [4.78, 5) is 52.4. The third-order valence-corrected chi connectivity index (χ3v) is 4.67. The molecule has 0 saturated carbocycles. The Balaban J connectivity index is 2.92. The second-order valence-corrected chi connectivity index (χ2v) is 7.09. The van der Waals surface area contributed by atoms with Crippen molar-refractivity contribution in [3.63, 3.8) is 0 Å². The second kappa shape index (κ2) is 13.8. The van der Waals surface area contributed by atoms with E-state index < -0.39 is 17.9 Å². The minimum Gasteiger partial charge on any atom is -0.480 e. The summed E-state index contributed by atoms with van der Waals surface area (Å²) in [5.41, 5.74) is 5.33. The molecule has 30 heavy (non-hydrogen) atoms. The van der Waals surface area contributed by atoms with Crippen LogP contribution in [0, 0.1) is 0 Å². The largest absolute Gasteiger partial charge is 0.480 e. The van der Waals surface area contributed by atoms with Crippen molar-refractivity contribution < 1.29 is 34.5 Å². The summed E-state index contributed by atoms with van der Waals surface area (Å²) in [6, 6.07) is 0. The normalized spacial score (nSPS) is 18.8. The van der Waals surface area contributed by atoms with Gasteiger partial charge in [0, 0.05) is 52.4 Å². The molecule has 1 aliphatic rings. The van der Waals surface area contributed by atoms with Crippen molar-refractivity contribution in [2.24, 2.45) is 5.73 Å². The molecule has 0 radical (unpaired) electrons. The monoisotopic (exact) mass is 432 g/mol. The number of aliphatic carboxylic acids is 3. The number of hydrogen-bond acceptors (Lipinski definition) is 9. The van der Waals surface area contributed by atoms with Gasteiger partial charge in [0.2, 0.25) is 5.91 Å². The summed E-state index contributed by atoms with van der Waals surface area (Å²) in [7, 11) is 0. The van der Waals surface area contributed by atoms with Crippen LogP contribution in [0.2, 0.25) is 0 Å². The van der Waals surface area contributed by atoms with Crippen molar-refractivity contribution in [2.45, 2.75) is 0 Å². The molecule has 1 aliphatic heterocycles. The summed E-state index contributed by atoms with van der Waals surface area (Å²) < 4.78 is 0. The van der Waals surface area contributed by atoms with Crippen molar-refractivity contribution in [3.8, 4) is 0 Å². The summed E-state index contributed by atoms with van der Waals surface area (Å²) >= 11 is 0. The van der Waals surface area contributed by atoms with Crippen LogP contribution >= 0.6 is 0 Å². The molecule has 13 heteroatoms. The van der Waals surface area contributed by atoms with E-state index in [1.54, 1.807) is 14.7 Å². The van der Waals surface area contributed by atoms with Gasteiger partial charge in [0.1, 0.15) is 0 Å². The van der Waals surface area contributed by atoms with E-state index in [2.05, 4.69) is 5.32 Å². The number of carboxylic acids is 3. The van der Waals surface area contributed by atoms with E-state index in [0.717, 1.165) is 0 Å². The van der Waals surface area contributed by atoms with Crippen molar-refractivity contribution in [1.29, 1.82) is 0 Å². The Hall–Kier alpha value is -2.32. The quantitative estimate of drug-likeness (QED) is 0.227. The highest BCUT2D eigenvalue weighted by Crippen LogP contribution is 2.01. The van der Waals surface area contributed by atoms with Gasteiger partial charge >= 0.3 is 17.9 Å². The third-order valence-electron chi connectivity index (χ3n) is 4.67. The molecule has 0 bridgehead atoms. The van der Waals surface area contributed by atoms with Crippen molar-refractivity contribution >= 4 is 23.8 Å². The molecule has 1 saturated heterocycles. The van der Waals surface area contributed by atoms with Gasteiger partial charge in [-0.2, -0.15) is 0 Å². The number of nitrogens with zero attached hydrogens (tertiary/aromatic N) is 4. The molecule has 0 aromatic rings. The van der Waals surface area contributed by atoms with Gasteiger partial charge in [-0.25, -0.2) is 0 Å². The highest BCUT2D eigenvalue weighted by atomic mass is 16.4. The van der Waals surface area contributed by atoms with Crippen LogP contribution in [0.3, 0.4) is 0 Å². The lowest BCUT2D eigenvalue weighted by molar-refractivity contribution is -0.140. The Morgan fingerprint density at radius 3 is 1.10 bits per heavy atom. The van der Waals surface area contributed by atoms with Gasteiger partial charge in [-0.1, -0.05) is 0 Å². The van der Waals surface area contributed by atoms with Crippen molar-refractivity contribution in [2.75, 3.05) is 85.2 Å². The first-order chi connectivity index (χ1) is 14.2. The first-order valence-electron chi connectivity index (χ1n) is 9.71. The van der Waals surface area contributed by atoms with E-state index in [1.165, 1.54) is 0 Å². The van der Waals surface area contributed by atoms with Crippen LogP contribution in [0.1, 0.15) is 0 Å². The maximum Gasteiger partial charge on any atom is 0.317 e. The molecule has 1 fully saturated rings. The van der Waals surface area contributed by atoms with Gasteiger partial charge in [0.05, 0.1) is 32.8 Å². The first-order valence-corrected chi connectivity index (χ1v) is 9.71. The molecule has 0 atom stereocenters. The Morgan fingerprint density at radius 1 is 0.600 bits per heavy atom. The molecule has 0 aromatic carbocycles. The zero-order valence-electron chi connectivity index (χ0n) is 17.0. The van der Waals surface area contributed by atoms with E-state index in [4.69, 9.17) is 21.1 Å². The van der Waals surface area contributed by atoms with E-state index in [-0.39, 0.29) is 38.8 Å². The van der Waals surface area contributed by atoms with Gasteiger partial charge in [0.25, 0.3) is 0 Å². The van der Waals surface area contributed by atoms with Crippen LogP contribution in [0.25, 0.3) is 0 Å². The van der Waals surface area contributed by atoms with Gasteiger partial charge in [-0.15, -0.1) is 0 Å². The van der Waals surface area contributed by atoms with Crippen LogP contribution in [-0.4, -0.2) is 144 Å². The Labute approximate surface area is 175 Å². The lowest BCUT2D eigenvalue weighted by atomic mass is 10.3. The zero-order valence-corrected chi connectivity index (χ0v) is 17.0. The van der Waals surface area contributed by atoms with Crippen molar-refractivity contribution in [1.82, 2.24) is 24.9 Å². The number of amides is 1. The van der Waals surface area contributed by atoms with Crippen LogP contribution < -0.4 is 11.1 Å². The number of nitrogens with one attached hydrogen (secondary N) is 1. The molecule has 1 heterocycles. The second-order valence-electron chi connectivity index (χ2n) is 7.09. The maximum absolute atomic E-state index is 11.9. The van der Waals surface area contributed by atoms with E-state index >= 15 is 0 Å². The summed E-state index contributed by atoms with van der Waals surface area (Å²) in [6.07, 6.45) is 0. The molecule has 0 aliphatic carbocycles. The average Bonchev–Trinajstić information content (AvgIpc) is 2.62. The number of carboxylic acid groups (broad SMARTS) is 3. The Kier molecular flexibility index (Phi) is 11.8. The highest BCUT2D eigenvalue weighted by molar-refractivity contribution is 5.77. The predicted molar refractivity (Wildman–Crippen MR) is 106 cm³/mol. The zero-order chi connectivity index (χ0) is 22.5. The minimum absolute atomic E-state index is 0.00235. The molecule has 6 N–H and O–H groups in total. The van der Waals surface area contributed by atoms with Crippen LogP contribution in [0.5, 0.6) is 0 Å². The van der Waals surface area contributed by atoms with Gasteiger partial charge in [-0.05, 0) is 0 Å². The SMILES string of the molecule is NCNC(=O)CN1CCN(CC(=O)O)CCN(CC(=O)O)CCN(CC(=O)O)CC1. The summed E-state index contributed by atoms with van der Waals surface area (Å²) in [5.74, 6) is -3.26. The van der Waals surface area contributed by atoms with E-state index in [9.17, 15) is 19.2 Å². The van der Waals surface area contributed by atoms with Crippen molar-refractivity contribution in [3.05, 3.63) is 0 Å². The van der Waals surface area contributed by atoms with E-state index in [1.807, 2.05) is 4.90 Å². The van der Waals surface area contributed by atoms with Gasteiger partial charge in [-0.3, -0.25) is 38.8 Å². The lowest BCUT2D eigenvalue weighted by Crippen LogP contribution is -2.50. The number of carbonyl (C=O) groups is 4. The topological polar surface area (TPSA) is 180 Å². The smallest absolute Gasteiger partial charge is 0.317 e. The number of nitrogens with two attached hydrogens (primary N) is 1. The summed E-state index contributed by atoms with van der Waals surface area (Å²) in [5, 5.41) is 30.0. The molecule has 1 rings (SSSR count). The van der Waals surface area contributed by atoms with Gasteiger partial charge < -0.3 is 26.4 Å². The number of hydrogen-bond donors (Lipinski definition) is 5. The molecule has 0 aromatic heterocycles. The number of carbonyl (C=O) groups excluding carboxylic acids is 1. The molecular weight excluding hydrogens is 400 g/mol. The highest BCUT2D eigenvalue weighted by Gasteiger charge is 2.20. The molecule has 0 unspecified atom stereocenters. The lowest BCUT2D eigenvalue weighted by Gasteiger charge is -2.32. The van der Waals surface area contributed by atoms with Gasteiger partial charge in [0.15, 0.2) is 0 Å². The first kappa shape index (κ1) is 25.7. The maximum atomic E-state index is 11.9. The molecule has 13 nitrogen and oxygen atoms in total. The minimum atomic E-state index is -1.01. The van der Waals surface area contributed by atoms with Crippen LogP contribution in [0.15, 0.2) is 0 Å². The fraction of sp³-hybridized carbons (Fsp3) is 0.765. The van der Waals surface area contributed by atoms with E-state index in [0.29, 0.717) is 52.4 Å². The molecular formula is C17H32N6O7. The van der Waals surface area contributed by atoms with Crippen LogP contribution in [0.4, 0.5) is 0 Å². The Morgan fingerprint density at radius 2 is 0.867 bits per heavy atom. The Bertz CT molecular complexity index is 559. The fourth-order valence-electron chi connectivity index (χ4n) is 3.16. The average molecular weight is 432 g/mol. The summed E-state index contributed by atoms with van der Waals surface area (Å²) in [6.45, 7) is 2.29. The fourth-order valence-corrected chi connectivity index (χ4v) is 3.16. The standard InChI is InChI=1S/C17H32N6O7/c18-13-19-14(24)9-20-1-3-21(10-15(25)26)5-7-23(12-17(29)30)8-6-22(4-2-20)11-16(27)28/h1-13,18H2,(H,19,24)(H,25,26)(H,27,28)(H,29,30). The predicted octanol–water partition coefficient (Wildman–Crippen LogP) is -3.51. The van der Waals surface area contributed by atoms with Crippen LogP contribution in [-0.2, 0) is 19.2 Å². The molecule has 172 valence electrons. The number of rotatable bonds is 9.